The van der Waals surface area contributed by atoms with E-state index in [9.17, 15) is 4.79 Å². The highest BCUT2D eigenvalue weighted by Crippen LogP contribution is 2.19. The van der Waals surface area contributed by atoms with Gasteiger partial charge in [-0.25, -0.2) is 4.79 Å². The van der Waals surface area contributed by atoms with Gasteiger partial charge in [-0.15, -0.1) is 0 Å². The van der Waals surface area contributed by atoms with Crippen LogP contribution >= 0.6 is 0 Å². The van der Waals surface area contributed by atoms with Gasteiger partial charge in [-0.1, -0.05) is 51.1 Å². The van der Waals surface area contributed by atoms with Crippen LogP contribution in [0, 0.1) is 0 Å². The molecule has 0 bridgehead atoms. The molecule has 118 valence electrons. The van der Waals surface area contributed by atoms with Crippen LogP contribution in [0.15, 0.2) is 30.3 Å². The Morgan fingerprint density at radius 1 is 1.29 bits per heavy atom. The lowest BCUT2D eigenvalue weighted by Crippen LogP contribution is -2.34. The first kappa shape index (κ1) is 17.7. The second-order valence-electron chi connectivity index (χ2n) is 6.51. The summed E-state index contributed by atoms with van der Waals surface area (Å²) in [6.45, 7) is 9.55. The van der Waals surface area contributed by atoms with Crippen LogP contribution in [0.2, 0.25) is 5.04 Å². The Morgan fingerprint density at radius 3 is 2.57 bits per heavy atom. The van der Waals surface area contributed by atoms with Gasteiger partial charge in [0, 0.05) is 12.6 Å². The highest BCUT2D eigenvalue weighted by molar-refractivity contribution is 6.31. The minimum atomic E-state index is -0.509. The van der Waals surface area contributed by atoms with Gasteiger partial charge in [0.25, 0.3) is 0 Å². The molecule has 0 fully saturated rings. The van der Waals surface area contributed by atoms with Crippen molar-refractivity contribution in [1.82, 2.24) is 5.32 Å². The molecule has 1 aromatic carbocycles. The van der Waals surface area contributed by atoms with E-state index in [1.807, 2.05) is 37.3 Å². The van der Waals surface area contributed by atoms with Crippen molar-refractivity contribution in [3.05, 3.63) is 35.9 Å². The van der Waals surface area contributed by atoms with E-state index in [4.69, 9.17) is 9.16 Å². The van der Waals surface area contributed by atoms with Crippen LogP contribution < -0.4 is 5.32 Å². The van der Waals surface area contributed by atoms with Crippen molar-refractivity contribution in [2.75, 3.05) is 6.61 Å². The molecule has 5 heteroatoms. The van der Waals surface area contributed by atoms with Crippen molar-refractivity contribution in [3.8, 4) is 0 Å². The molecule has 0 aromatic heterocycles. The third-order valence-corrected chi connectivity index (χ3v) is 4.17. The molecule has 4 nitrogen and oxygen atoms in total. The Balaban J connectivity index is 2.13. The number of benzene rings is 1. The van der Waals surface area contributed by atoms with Gasteiger partial charge in [-0.2, -0.15) is 0 Å². The van der Waals surface area contributed by atoms with E-state index in [0.717, 1.165) is 12.0 Å². The zero-order valence-electron chi connectivity index (χ0n) is 13.5. The lowest BCUT2D eigenvalue weighted by Gasteiger charge is -2.19. The molecule has 0 saturated carbocycles. The Kier molecular flexibility index (Phi) is 7.46. The van der Waals surface area contributed by atoms with E-state index in [1.54, 1.807) is 0 Å². The largest absolute Gasteiger partial charge is 0.445 e. The molecule has 21 heavy (non-hydrogen) atoms. The van der Waals surface area contributed by atoms with E-state index in [1.165, 1.54) is 0 Å². The summed E-state index contributed by atoms with van der Waals surface area (Å²) in [5.74, 6) is 0. The summed E-state index contributed by atoms with van der Waals surface area (Å²) >= 11 is 0. The summed E-state index contributed by atoms with van der Waals surface area (Å²) in [5, 5.41) is 3.13. The second-order valence-corrected chi connectivity index (χ2v) is 9.33. The maximum absolute atomic E-state index is 11.7. The number of hydrogen-bond acceptors (Lipinski definition) is 3. The summed E-state index contributed by atoms with van der Waals surface area (Å²) in [7, 11) is -0.509. The Morgan fingerprint density at radius 2 is 1.95 bits per heavy atom. The van der Waals surface area contributed by atoms with Gasteiger partial charge >= 0.3 is 6.09 Å². The summed E-state index contributed by atoms with van der Waals surface area (Å²) in [6.07, 6.45) is 0.434. The first-order chi connectivity index (χ1) is 9.87. The minimum Gasteiger partial charge on any atom is -0.445 e. The number of carbonyl (C=O) groups excluding carboxylic acids is 1. The lowest BCUT2D eigenvalue weighted by atomic mass is 10.2. The van der Waals surface area contributed by atoms with Crippen molar-refractivity contribution in [1.29, 1.82) is 0 Å². The van der Waals surface area contributed by atoms with Gasteiger partial charge in [0.05, 0.1) is 0 Å². The highest BCUT2D eigenvalue weighted by Gasteiger charge is 2.12. The van der Waals surface area contributed by atoms with E-state index in [0.29, 0.717) is 18.3 Å². The standard InChI is InChI=1S/C16H27NO3Si/c1-13(10-11-20-21-16(2,3)4)17-15(18)19-12-14-8-6-5-7-9-14/h5-9,13H,10-12,21H2,1-4H3,(H,17,18)/t13-/m0/s1. The number of alkyl carbamates (subject to hydrolysis) is 1. The molecule has 1 N–H and O–H groups in total. The molecule has 1 rings (SSSR count). The van der Waals surface area contributed by atoms with Crippen LogP contribution in [0.5, 0.6) is 0 Å². The zero-order valence-corrected chi connectivity index (χ0v) is 14.9. The van der Waals surface area contributed by atoms with Crippen LogP contribution in [0.3, 0.4) is 0 Å². The molecular weight excluding hydrogens is 282 g/mol. The van der Waals surface area contributed by atoms with Crippen LogP contribution in [-0.2, 0) is 15.8 Å². The maximum atomic E-state index is 11.7. The van der Waals surface area contributed by atoms with Crippen LogP contribution in [0.4, 0.5) is 4.79 Å². The topological polar surface area (TPSA) is 47.6 Å². The van der Waals surface area contributed by atoms with E-state index in [-0.39, 0.29) is 12.1 Å². The molecule has 0 saturated heterocycles. The monoisotopic (exact) mass is 309 g/mol. The average molecular weight is 309 g/mol. The first-order valence-corrected chi connectivity index (χ1v) is 8.70. The summed E-state index contributed by atoms with van der Waals surface area (Å²) < 4.78 is 10.9. The molecule has 1 atom stereocenters. The molecule has 0 aliphatic rings. The normalized spacial score (nSPS) is 13.3. The smallest absolute Gasteiger partial charge is 0.407 e. The van der Waals surface area contributed by atoms with E-state index >= 15 is 0 Å². The number of nitrogens with one attached hydrogen (secondary N) is 1. The van der Waals surface area contributed by atoms with Gasteiger partial charge in [0.1, 0.15) is 6.61 Å². The molecule has 1 aromatic rings. The summed E-state index contributed by atoms with van der Waals surface area (Å²) in [5.41, 5.74) is 0.986. The fourth-order valence-corrected chi connectivity index (χ4v) is 2.60. The molecule has 0 unspecified atom stereocenters. The molecule has 0 spiro atoms. The fourth-order valence-electron chi connectivity index (χ4n) is 1.68. The van der Waals surface area contributed by atoms with Gasteiger partial charge in [-0.05, 0) is 23.9 Å². The summed E-state index contributed by atoms with van der Waals surface area (Å²) in [6, 6.07) is 9.71. The maximum Gasteiger partial charge on any atom is 0.407 e. The number of rotatable bonds is 7. The van der Waals surface area contributed by atoms with Crippen LogP contribution in [0.1, 0.15) is 39.7 Å². The van der Waals surface area contributed by atoms with E-state index in [2.05, 4.69) is 26.1 Å². The van der Waals surface area contributed by atoms with Crippen molar-refractivity contribution >= 4 is 15.9 Å². The van der Waals surface area contributed by atoms with Crippen LogP contribution in [-0.4, -0.2) is 28.5 Å². The van der Waals surface area contributed by atoms with Gasteiger partial charge < -0.3 is 14.5 Å². The van der Waals surface area contributed by atoms with E-state index < -0.39 is 9.76 Å². The highest BCUT2D eigenvalue weighted by atomic mass is 28.2. The Bertz CT molecular complexity index is 417. The number of hydrogen-bond donors (Lipinski definition) is 1. The van der Waals surface area contributed by atoms with Gasteiger partial charge in [0.15, 0.2) is 9.76 Å². The number of ether oxygens (including phenoxy) is 1. The quantitative estimate of drug-likeness (QED) is 0.622. The molecule has 0 heterocycles. The second kappa shape index (κ2) is 8.84. The predicted octanol–water partition coefficient (Wildman–Crippen LogP) is 3.01. The third kappa shape index (κ3) is 9.26. The molecule has 0 aliphatic heterocycles. The molecular formula is C16H27NO3Si. The van der Waals surface area contributed by atoms with Crippen molar-refractivity contribution in [2.45, 2.75) is 51.8 Å². The first-order valence-electron chi connectivity index (χ1n) is 7.42. The number of amides is 1. The molecule has 0 radical (unpaired) electrons. The fraction of sp³-hybridized carbons (Fsp3) is 0.562. The van der Waals surface area contributed by atoms with Crippen molar-refractivity contribution in [3.63, 3.8) is 0 Å². The molecule has 1 amide bonds. The van der Waals surface area contributed by atoms with Crippen molar-refractivity contribution in [2.24, 2.45) is 0 Å². The summed E-state index contributed by atoms with van der Waals surface area (Å²) in [4.78, 5) is 11.7. The zero-order chi connectivity index (χ0) is 15.7. The Hall–Kier alpha value is -1.33. The lowest BCUT2D eigenvalue weighted by molar-refractivity contribution is 0.135. The van der Waals surface area contributed by atoms with Gasteiger partial charge in [-0.3, -0.25) is 0 Å². The van der Waals surface area contributed by atoms with Crippen molar-refractivity contribution < 1.29 is 14.0 Å². The number of carbonyl (C=O) groups is 1. The Labute approximate surface area is 130 Å². The predicted molar refractivity (Wildman–Crippen MR) is 88.1 cm³/mol. The van der Waals surface area contributed by atoms with Crippen LogP contribution in [0.25, 0.3) is 0 Å². The minimum absolute atomic E-state index is 0.0576. The van der Waals surface area contributed by atoms with Gasteiger partial charge in [0.2, 0.25) is 0 Å². The SMILES string of the molecule is C[C@@H](CCO[SiH2]C(C)(C)C)NC(=O)OCc1ccccc1. The average Bonchev–Trinajstić information content (AvgIpc) is 2.41. The third-order valence-electron chi connectivity index (χ3n) is 2.81. The molecule has 0 aliphatic carbocycles.